The van der Waals surface area contributed by atoms with Crippen LogP contribution in [-0.2, 0) is 0 Å². The molecule has 1 aromatic rings. The van der Waals surface area contributed by atoms with Gasteiger partial charge in [-0.1, -0.05) is 46.2 Å². The molecule has 96 valence electrons. The highest BCUT2D eigenvalue weighted by Crippen LogP contribution is 2.22. The van der Waals surface area contributed by atoms with Gasteiger partial charge in [-0.3, -0.25) is 0 Å². The molecule has 0 radical (unpaired) electrons. The first-order valence-corrected chi connectivity index (χ1v) is 6.53. The summed E-state index contributed by atoms with van der Waals surface area (Å²) in [6.45, 7) is 9.84. The SMILES string of the molecule is CCC(C)CNC(c1ccc(F)cc1)C(C)C. The van der Waals surface area contributed by atoms with Crippen LogP contribution in [0.2, 0.25) is 0 Å². The maximum absolute atomic E-state index is 12.9. The first-order valence-electron chi connectivity index (χ1n) is 6.53. The maximum Gasteiger partial charge on any atom is 0.123 e. The van der Waals surface area contributed by atoms with Gasteiger partial charge in [0.2, 0.25) is 0 Å². The number of nitrogens with one attached hydrogen (secondary N) is 1. The fraction of sp³-hybridized carbons (Fsp3) is 0.600. The van der Waals surface area contributed by atoms with Gasteiger partial charge in [0.15, 0.2) is 0 Å². The van der Waals surface area contributed by atoms with Gasteiger partial charge >= 0.3 is 0 Å². The Morgan fingerprint density at radius 3 is 2.18 bits per heavy atom. The van der Waals surface area contributed by atoms with Crippen LogP contribution in [0, 0.1) is 17.7 Å². The third-order valence-electron chi connectivity index (χ3n) is 3.28. The number of hydrogen-bond donors (Lipinski definition) is 1. The molecular formula is C15H24FN. The minimum absolute atomic E-state index is 0.168. The monoisotopic (exact) mass is 237 g/mol. The van der Waals surface area contributed by atoms with Gasteiger partial charge in [-0.05, 0) is 36.1 Å². The summed E-state index contributed by atoms with van der Waals surface area (Å²) in [6.07, 6.45) is 1.18. The molecule has 0 aliphatic carbocycles. The van der Waals surface area contributed by atoms with Crippen LogP contribution in [0.25, 0.3) is 0 Å². The first-order chi connectivity index (χ1) is 8.04. The second-order valence-corrected chi connectivity index (χ2v) is 5.19. The predicted octanol–water partition coefficient (Wildman–Crippen LogP) is 4.16. The van der Waals surface area contributed by atoms with E-state index >= 15 is 0 Å². The highest BCUT2D eigenvalue weighted by molar-refractivity contribution is 5.20. The van der Waals surface area contributed by atoms with E-state index in [1.165, 1.54) is 24.1 Å². The normalized spacial score (nSPS) is 14.9. The van der Waals surface area contributed by atoms with Crippen LogP contribution in [0.5, 0.6) is 0 Å². The molecule has 17 heavy (non-hydrogen) atoms. The predicted molar refractivity (Wildman–Crippen MR) is 71.4 cm³/mol. The van der Waals surface area contributed by atoms with E-state index in [0.29, 0.717) is 17.9 Å². The van der Waals surface area contributed by atoms with Crippen molar-refractivity contribution in [2.75, 3.05) is 6.54 Å². The molecule has 1 rings (SSSR count). The largest absolute Gasteiger partial charge is 0.309 e. The van der Waals surface area contributed by atoms with Crippen molar-refractivity contribution in [3.63, 3.8) is 0 Å². The van der Waals surface area contributed by atoms with Gasteiger partial charge in [-0.2, -0.15) is 0 Å². The van der Waals surface area contributed by atoms with Crippen molar-refractivity contribution in [3.05, 3.63) is 35.6 Å². The maximum atomic E-state index is 12.9. The molecule has 1 N–H and O–H groups in total. The molecule has 0 amide bonds. The molecule has 2 unspecified atom stereocenters. The second kappa shape index (κ2) is 6.75. The van der Waals surface area contributed by atoms with Crippen LogP contribution >= 0.6 is 0 Å². The molecule has 2 atom stereocenters. The van der Waals surface area contributed by atoms with Crippen LogP contribution in [0.4, 0.5) is 4.39 Å². The van der Waals surface area contributed by atoms with E-state index in [4.69, 9.17) is 0 Å². The molecule has 0 saturated heterocycles. The standard InChI is InChI=1S/C15H24FN/c1-5-12(4)10-17-15(11(2)3)13-6-8-14(16)9-7-13/h6-9,11-12,15,17H,5,10H2,1-4H3. The minimum atomic E-state index is -0.168. The molecule has 1 nitrogen and oxygen atoms in total. The fourth-order valence-corrected chi connectivity index (χ4v) is 1.88. The lowest BCUT2D eigenvalue weighted by atomic mass is 9.95. The fourth-order valence-electron chi connectivity index (χ4n) is 1.88. The van der Waals surface area contributed by atoms with Gasteiger partial charge in [-0.15, -0.1) is 0 Å². The van der Waals surface area contributed by atoms with E-state index in [1.807, 2.05) is 12.1 Å². The van der Waals surface area contributed by atoms with Crippen molar-refractivity contribution in [1.82, 2.24) is 5.32 Å². The van der Waals surface area contributed by atoms with E-state index in [0.717, 1.165) is 6.54 Å². The Balaban J connectivity index is 2.69. The van der Waals surface area contributed by atoms with E-state index in [-0.39, 0.29) is 5.82 Å². The number of benzene rings is 1. The lowest BCUT2D eigenvalue weighted by Gasteiger charge is -2.24. The van der Waals surface area contributed by atoms with E-state index in [9.17, 15) is 4.39 Å². The van der Waals surface area contributed by atoms with Gasteiger partial charge in [0.1, 0.15) is 5.82 Å². The molecule has 0 saturated carbocycles. The highest BCUT2D eigenvalue weighted by Gasteiger charge is 2.15. The Labute approximate surface area is 104 Å². The molecule has 0 aliphatic heterocycles. The lowest BCUT2D eigenvalue weighted by molar-refractivity contribution is 0.375. The Morgan fingerprint density at radius 2 is 1.71 bits per heavy atom. The average Bonchev–Trinajstić information content (AvgIpc) is 2.31. The molecule has 2 heteroatoms. The van der Waals surface area contributed by atoms with Crippen molar-refractivity contribution in [2.24, 2.45) is 11.8 Å². The van der Waals surface area contributed by atoms with Gasteiger partial charge in [0.25, 0.3) is 0 Å². The zero-order chi connectivity index (χ0) is 12.8. The van der Waals surface area contributed by atoms with Gasteiger partial charge in [0.05, 0.1) is 0 Å². The summed E-state index contributed by atoms with van der Waals surface area (Å²) in [5, 5.41) is 3.58. The Morgan fingerprint density at radius 1 is 1.12 bits per heavy atom. The van der Waals surface area contributed by atoms with Crippen LogP contribution < -0.4 is 5.32 Å². The van der Waals surface area contributed by atoms with Gasteiger partial charge in [-0.25, -0.2) is 4.39 Å². The average molecular weight is 237 g/mol. The minimum Gasteiger partial charge on any atom is -0.309 e. The van der Waals surface area contributed by atoms with Crippen molar-refractivity contribution in [3.8, 4) is 0 Å². The molecular weight excluding hydrogens is 213 g/mol. The summed E-state index contributed by atoms with van der Waals surface area (Å²) in [6, 6.07) is 7.14. The summed E-state index contributed by atoms with van der Waals surface area (Å²) in [7, 11) is 0. The number of rotatable bonds is 6. The van der Waals surface area contributed by atoms with Crippen LogP contribution in [-0.4, -0.2) is 6.54 Å². The lowest BCUT2D eigenvalue weighted by Crippen LogP contribution is -2.29. The molecule has 0 spiro atoms. The summed E-state index contributed by atoms with van der Waals surface area (Å²) in [5.41, 5.74) is 1.17. The van der Waals surface area contributed by atoms with Crippen molar-refractivity contribution in [2.45, 2.75) is 40.2 Å². The number of halogens is 1. The van der Waals surface area contributed by atoms with E-state index in [1.54, 1.807) is 0 Å². The van der Waals surface area contributed by atoms with Crippen molar-refractivity contribution < 1.29 is 4.39 Å². The summed E-state index contributed by atoms with van der Waals surface area (Å²) in [4.78, 5) is 0. The van der Waals surface area contributed by atoms with Crippen LogP contribution in [0.1, 0.15) is 45.7 Å². The molecule has 1 aromatic carbocycles. The Kier molecular flexibility index (Phi) is 5.63. The molecule has 0 aromatic heterocycles. The van der Waals surface area contributed by atoms with Crippen molar-refractivity contribution in [1.29, 1.82) is 0 Å². The Hall–Kier alpha value is -0.890. The van der Waals surface area contributed by atoms with Gasteiger partial charge in [0, 0.05) is 6.04 Å². The van der Waals surface area contributed by atoms with Crippen LogP contribution in [0.15, 0.2) is 24.3 Å². The quantitative estimate of drug-likeness (QED) is 0.783. The zero-order valence-corrected chi connectivity index (χ0v) is 11.3. The van der Waals surface area contributed by atoms with Crippen molar-refractivity contribution >= 4 is 0 Å². The van der Waals surface area contributed by atoms with Gasteiger partial charge < -0.3 is 5.32 Å². The molecule has 0 fully saturated rings. The smallest absolute Gasteiger partial charge is 0.123 e. The highest BCUT2D eigenvalue weighted by atomic mass is 19.1. The molecule has 0 bridgehead atoms. The summed E-state index contributed by atoms with van der Waals surface area (Å²) >= 11 is 0. The molecule has 0 heterocycles. The zero-order valence-electron chi connectivity index (χ0n) is 11.3. The first kappa shape index (κ1) is 14.2. The summed E-state index contributed by atoms with van der Waals surface area (Å²) < 4.78 is 12.9. The van der Waals surface area contributed by atoms with E-state index < -0.39 is 0 Å². The Bertz CT molecular complexity index is 318. The third kappa shape index (κ3) is 4.47. The summed E-state index contributed by atoms with van der Waals surface area (Å²) in [5.74, 6) is 1.01. The van der Waals surface area contributed by atoms with Crippen LogP contribution in [0.3, 0.4) is 0 Å². The molecule has 0 aliphatic rings. The third-order valence-corrected chi connectivity index (χ3v) is 3.28. The van der Waals surface area contributed by atoms with E-state index in [2.05, 4.69) is 33.0 Å². The number of hydrogen-bond acceptors (Lipinski definition) is 1. The second-order valence-electron chi connectivity index (χ2n) is 5.19. The topological polar surface area (TPSA) is 12.0 Å².